The van der Waals surface area contributed by atoms with E-state index in [1.807, 2.05) is 41.4 Å². The van der Waals surface area contributed by atoms with Crippen LogP contribution in [0, 0.1) is 17.7 Å². The molecule has 2 unspecified atom stereocenters. The minimum Gasteiger partial charge on any atom is -0.359 e. The van der Waals surface area contributed by atoms with Gasteiger partial charge >= 0.3 is 0 Å². The van der Waals surface area contributed by atoms with Gasteiger partial charge in [-0.2, -0.15) is 0 Å². The fraction of sp³-hybridized carbons (Fsp3) is 0.304. The Morgan fingerprint density at radius 1 is 1.10 bits per heavy atom. The lowest BCUT2D eigenvalue weighted by atomic mass is 9.75. The van der Waals surface area contributed by atoms with Crippen molar-refractivity contribution >= 4 is 17.6 Å². The van der Waals surface area contributed by atoms with Crippen molar-refractivity contribution in [2.45, 2.75) is 24.5 Å². The molecule has 2 aromatic rings. The summed E-state index contributed by atoms with van der Waals surface area (Å²) in [5.74, 6) is -1.33. The molecule has 0 amide bonds. The number of nitrogens with zero attached hydrogens (tertiary/aromatic N) is 1. The van der Waals surface area contributed by atoms with Crippen LogP contribution in [0.3, 0.4) is 0 Å². The van der Waals surface area contributed by atoms with E-state index >= 15 is 0 Å². The summed E-state index contributed by atoms with van der Waals surface area (Å²) in [4.78, 5) is 28.8. The second-order valence-electron chi connectivity index (χ2n) is 8.00. The summed E-state index contributed by atoms with van der Waals surface area (Å²) >= 11 is 0. The molecule has 5 nitrogen and oxygen atoms in total. The summed E-state index contributed by atoms with van der Waals surface area (Å²) in [6, 6.07) is 12.7. The molecule has 3 saturated heterocycles. The third kappa shape index (κ3) is 2.33. The molecule has 0 radical (unpaired) electrons. The van der Waals surface area contributed by atoms with E-state index < -0.39 is 18.1 Å². The fourth-order valence-electron chi connectivity index (χ4n) is 5.40. The number of ketones is 2. The van der Waals surface area contributed by atoms with Gasteiger partial charge in [0, 0.05) is 17.7 Å². The largest absolute Gasteiger partial charge is 0.359 e. The van der Waals surface area contributed by atoms with E-state index in [1.54, 1.807) is 0 Å². The number of Topliss-reactive ketones (excluding diaryl/α,β-unsaturated/α-hetero) is 2. The van der Waals surface area contributed by atoms with Crippen LogP contribution in [0.4, 0.5) is 4.39 Å². The van der Waals surface area contributed by atoms with Crippen molar-refractivity contribution in [3.63, 3.8) is 0 Å². The number of carbonyl (C=O) groups is 2. The molecule has 4 heterocycles. The lowest BCUT2D eigenvalue weighted by Crippen LogP contribution is -2.48. The summed E-state index contributed by atoms with van der Waals surface area (Å²) in [5.41, 5.74) is 2.51. The van der Waals surface area contributed by atoms with E-state index in [0.29, 0.717) is 12.2 Å². The van der Waals surface area contributed by atoms with E-state index in [4.69, 9.17) is 9.47 Å². The van der Waals surface area contributed by atoms with E-state index in [2.05, 4.69) is 0 Å². The number of rotatable bonds is 2. The predicted octanol–water partition coefficient (Wildman–Crippen LogP) is 2.97. The first-order valence-corrected chi connectivity index (χ1v) is 9.78. The molecule has 0 aromatic heterocycles. The second kappa shape index (κ2) is 6.08. The first-order valence-electron chi connectivity index (χ1n) is 9.78. The molecule has 29 heavy (non-hydrogen) atoms. The van der Waals surface area contributed by atoms with Gasteiger partial charge in [0.15, 0.2) is 11.6 Å². The molecule has 2 bridgehead atoms. The Kier molecular flexibility index (Phi) is 3.58. The van der Waals surface area contributed by atoms with Gasteiger partial charge in [0.2, 0.25) is 6.29 Å². The molecular formula is C23H18FNO4. The van der Waals surface area contributed by atoms with Gasteiger partial charge in [-0.05, 0) is 41.5 Å². The zero-order chi connectivity index (χ0) is 19.7. The summed E-state index contributed by atoms with van der Waals surface area (Å²) in [6.45, 7) is 0.302. The van der Waals surface area contributed by atoms with Gasteiger partial charge in [-0.15, -0.1) is 0 Å². The quantitative estimate of drug-likeness (QED) is 0.737. The van der Waals surface area contributed by atoms with Gasteiger partial charge in [-0.25, -0.2) is 4.39 Å². The number of carbonyl (C=O) groups excluding carboxylic acids is 2. The van der Waals surface area contributed by atoms with Crippen LogP contribution in [0.5, 0.6) is 0 Å². The highest BCUT2D eigenvalue weighted by Gasteiger charge is 2.63. The Morgan fingerprint density at radius 2 is 1.90 bits per heavy atom. The topological polar surface area (TPSA) is 55.8 Å². The van der Waals surface area contributed by atoms with Gasteiger partial charge < -0.3 is 14.4 Å². The molecule has 146 valence electrons. The lowest BCUT2D eigenvalue weighted by Gasteiger charge is -2.34. The lowest BCUT2D eigenvalue weighted by molar-refractivity contribution is -0.164. The van der Waals surface area contributed by atoms with Crippen LogP contribution in [0.15, 0.2) is 54.7 Å². The summed E-state index contributed by atoms with van der Waals surface area (Å²) in [6.07, 6.45) is 2.73. The zero-order valence-corrected chi connectivity index (χ0v) is 15.4. The van der Waals surface area contributed by atoms with Crippen LogP contribution >= 0.6 is 0 Å². The standard InChI is InChI=1S/C23H18FNO4/c24-14-7-5-13(6-8-14)21(26)20-17-16-11-28-23(29-16)22(27)18(17)19-15-4-2-1-3-12(15)9-10-25(19)20/h1-10,16-20,23H,11H2/t16?,17-,18-,19+,20-,23?/m0/s1. The van der Waals surface area contributed by atoms with Crippen molar-refractivity contribution in [1.29, 1.82) is 0 Å². The predicted molar refractivity (Wildman–Crippen MR) is 101 cm³/mol. The Morgan fingerprint density at radius 3 is 2.72 bits per heavy atom. The van der Waals surface area contributed by atoms with Crippen molar-refractivity contribution in [1.82, 2.24) is 4.90 Å². The van der Waals surface area contributed by atoms with Crippen molar-refractivity contribution in [2.24, 2.45) is 11.8 Å². The molecule has 6 atom stereocenters. The molecule has 4 aliphatic heterocycles. The molecule has 0 aliphatic carbocycles. The Balaban J connectivity index is 1.50. The number of hydrogen-bond donors (Lipinski definition) is 0. The fourth-order valence-corrected chi connectivity index (χ4v) is 5.40. The second-order valence-corrected chi connectivity index (χ2v) is 8.00. The summed E-state index contributed by atoms with van der Waals surface area (Å²) in [5, 5.41) is 0. The van der Waals surface area contributed by atoms with Crippen LogP contribution in [0.25, 0.3) is 6.08 Å². The summed E-state index contributed by atoms with van der Waals surface area (Å²) in [7, 11) is 0. The number of ether oxygens (including phenoxy) is 2. The molecule has 0 saturated carbocycles. The van der Waals surface area contributed by atoms with Crippen LogP contribution in [0.2, 0.25) is 0 Å². The molecule has 6 heteroatoms. The highest BCUT2D eigenvalue weighted by Crippen LogP contribution is 2.54. The maximum absolute atomic E-state index is 13.6. The summed E-state index contributed by atoms with van der Waals surface area (Å²) < 4.78 is 24.8. The first-order chi connectivity index (χ1) is 14.1. The third-order valence-electron chi connectivity index (χ3n) is 6.60. The number of benzene rings is 2. The number of hydrogen-bond acceptors (Lipinski definition) is 5. The van der Waals surface area contributed by atoms with E-state index in [-0.39, 0.29) is 35.5 Å². The number of halogens is 1. The van der Waals surface area contributed by atoms with E-state index in [0.717, 1.165) is 11.1 Å². The van der Waals surface area contributed by atoms with Crippen LogP contribution in [-0.4, -0.2) is 41.5 Å². The molecule has 3 fully saturated rings. The first kappa shape index (κ1) is 17.1. The average molecular weight is 391 g/mol. The van der Waals surface area contributed by atoms with Crippen molar-refractivity contribution in [2.75, 3.05) is 6.61 Å². The van der Waals surface area contributed by atoms with Crippen molar-refractivity contribution < 1.29 is 23.5 Å². The van der Waals surface area contributed by atoms with Gasteiger partial charge in [-0.3, -0.25) is 9.59 Å². The van der Waals surface area contributed by atoms with Crippen LogP contribution in [0.1, 0.15) is 27.5 Å². The minimum absolute atomic E-state index is 0.0988. The molecular weight excluding hydrogens is 373 g/mol. The highest BCUT2D eigenvalue weighted by molar-refractivity contribution is 6.02. The number of fused-ring (bicyclic) bond motifs is 8. The van der Waals surface area contributed by atoms with Crippen LogP contribution < -0.4 is 0 Å². The van der Waals surface area contributed by atoms with Gasteiger partial charge in [0.05, 0.1) is 30.7 Å². The Bertz CT molecular complexity index is 1050. The highest BCUT2D eigenvalue weighted by atomic mass is 19.1. The molecule has 2 aromatic carbocycles. The van der Waals surface area contributed by atoms with Crippen molar-refractivity contribution in [3.05, 3.63) is 77.2 Å². The van der Waals surface area contributed by atoms with E-state index in [1.165, 1.54) is 24.3 Å². The van der Waals surface area contributed by atoms with Gasteiger partial charge in [0.25, 0.3) is 0 Å². The maximum Gasteiger partial charge on any atom is 0.218 e. The van der Waals surface area contributed by atoms with E-state index in [9.17, 15) is 14.0 Å². The zero-order valence-electron chi connectivity index (χ0n) is 15.4. The third-order valence-corrected chi connectivity index (χ3v) is 6.60. The van der Waals surface area contributed by atoms with Gasteiger partial charge in [-0.1, -0.05) is 24.3 Å². The normalized spacial score (nSPS) is 34.0. The monoisotopic (exact) mass is 391 g/mol. The minimum atomic E-state index is -0.846. The molecule has 4 aliphatic rings. The average Bonchev–Trinajstić information content (AvgIpc) is 3.33. The SMILES string of the molecule is O=C1C2OCC(O2)[C@H]2[C@H]1[C@H]1c3ccccc3C=CN1[C@@H]2C(=O)c1ccc(F)cc1. The molecule has 0 N–H and O–H groups in total. The Labute approximate surface area is 166 Å². The smallest absolute Gasteiger partial charge is 0.218 e. The molecule has 0 spiro atoms. The van der Waals surface area contributed by atoms with Crippen molar-refractivity contribution in [3.8, 4) is 0 Å². The van der Waals surface area contributed by atoms with Crippen LogP contribution in [-0.2, 0) is 14.3 Å². The maximum atomic E-state index is 13.6. The Hall–Kier alpha value is -2.83. The molecule has 6 rings (SSSR count). The van der Waals surface area contributed by atoms with Gasteiger partial charge in [0.1, 0.15) is 5.82 Å².